The third-order valence-electron chi connectivity index (χ3n) is 6.45. The van der Waals surface area contributed by atoms with Gasteiger partial charge in [0.05, 0.1) is 6.04 Å². The molecule has 0 unspecified atom stereocenters. The molecule has 2 N–H and O–H groups in total. The average molecular weight is 457 g/mol. The number of nitrogens with two attached hydrogens (primary N) is 1. The van der Waals surface area contributed by atoms with Crippen LogP contribution in [0.4, 0.5) is 0 Å². The zero-order valence-corrected chi connectivity index (χ0v) is 19.4. The topological polar surface area (TPSA) is 81.9 Å². The molecule has 1 saturated heterocycles. The number of nitrogens with zero attached hydrogens (tertiary/aromatic N) is 1. The van der Waals surface area contributed by atoms with E-state index in [0.29, 0.717) is 36.8 Å². The van der Waals surface area contributed by atoms with Gasteiger partial charge in [-0.25, -0.2) is 4.57 Å². The van der Waals surface area contributed by atoms with Crippen LogP contribution in [0.2, 0.25) is 0 Å². The molecule has 4 rings (SSSR count). The Morgan fingerprint density at radius 2 is 1.47 bits per heavy atom. The van der Waals surface area contributed by atoms with E-state index in [1.54, 1.807) is 29.2 Å². The minimum absolute atomic E-state index is 0.147. The molecule has 7 heteroatoms. The van der Waals surface area contributed by atoms with Crippen LogP contribution in [0.15, 0.2) is 60.7 Å². The van der Waals surface area contributed by atoms with Crippen LogP contribution in [0, 0.1) is 5.92 Å². The Morgan fingerprint density at radius 3 is 2.03 bits per heavy atom. The largest absolute Gasteiger partial charge is 0.453 e. The molecule has 172 valence electrons. The summed E-state index contributed by atoms with van der Waals surface area (Å²) in [6.07, 6.45) is 7.95. The molecule has 2 fully saturated rings. The average Bonchev–Trinajstić information content (AvgIpc) is 3.31. The highest BCUT2D eigenvalue weighted by Crippen LogP contribution is 2.57. The summed E-state index contributed by atoms with van der Waals surface area (Å²) >= 11 is 0. The van der Waals surface area contributed by atoms with Gasteiger partial charge in [0.15, 0.2) is 5.78 Å². The van der Waals surface area contributed by atoms with Gasteiger partial charge in [0, 0.05) is 6.54 Å². The van der Waals surface area contributed by atoms with Crippen molar-refractivity contribution < 1.29 is 18.4 Å². The van der Waals surface area contributed by atoms with Gasteiger partial charge in [0.2, 0.25) is 5.91 Å². The van der Waals surface area contributed by atoms with Crippen LogP contribution >= 0.6 is 7.60 Å². The molecular weight excluding hydrogens is 423 g/mol. The highest BCUT2D eigenvalue weighted by molar-refractivity contribution is 7.55. The SMILES string of the molecule is N[C@@H](CC1CCCCC1)C(=O)N1CCC[C@@H]1P(=O)(Oc1ccccc1)Oc1ccccc1. The molecule has 1 aliphatic heterocycles. The molecule has 2 aliphatic rings. The lowest BCUT2D eigenvalue weighted by Gasteiger charge is -2.33. The third-order valence-corrected chi connectivity index (χ3v) is 8.65. The van der Waals surface area contributed by atoms with Crippen LogP contribution in [0.1, 0.15) is 51.4 Å². The van der Waals surface area contributed by atoms with Gasteiger partial charge in [0.25, 0.3) is 0 Å². The number of carbonyl (C=O) groups is 1. The number of benzene rings is 2. The lowest BCUT2D eigenvalue weighted by molar-refractivity contribution is -0.132. The van der Waals surface area contributed by atoms with Crippen LogP contribution in [0.5, 0.6) is 11.5 Å². The number of amides is 1. The molecule has 0 aromatic heterocycles. The van der Waals surface area contributed by atoms with Crippen LogP contribution in [0.25, 0.3) is 0 Å². The molecule has 0 bridgehead atoms. The number of carbonyl (C=O) groups excluding carboxylic acids is 1. The second-order valence-corrected chi connectivity index (χ2v) is 10.9. The normalized spacial score (nSPS) is 20.7. The first kappa shape index (κ1) is 22.9. The van der Waals surface area contributed by atoms with Crippen molar-refractivity contribution in [3.05, 3.63) is 60.7 Å². The fourth-order valence-electron chi connectivity index (χ4n) is 4.83. The van der Waals surface area contributed by atoms with Crippen molar-refractivity contribution in [2.45, 2.75) is 63.2 Å². The van der Waals surface area contributed by atoms with Gasteiger partial charge in [0.1, 0.15) is 11.5 Å². The maximum absolute atomic E-state index is 14.2. The summed E-state index contributed by atoms with van der Waals surface area (Å²) in [5, 5.41) is 0. The quantitative estimate of drug-likeness (QED) is 0.524. The standard InChI is InChI=1S/C25H33N2O4P/c26-23(19-20-11-4-1-5-12-20)25(28)27-18-10-17-24(27)32(29,30-21-13-6-2-7-14-21)31-22-15-8-3-9-16-22/h2-3,6-9,13-16,20,23-24H,1,4-5,10-12,17-19,26H2/t23-,24-/m0/s1. The number of hydrogen-bond donors (Lipinski definition) is 1. The van der Waals surface area contributed by atoms with Gasteiger partial charge in [-0.2, -0.15) is 0 Å². The van der Waals surface area contributed by atoms with Crippen molar-refractivity contribution in [2.24, 2.45) is 11.7 Å². The molecule has 1 aliphatic carbocycles. The summed E-state index contributed by atoms with van der Waals surface area (Å²) in [6.45, 7) is 0.516. The fraction of sp³-hybridized carbons (Fsp3) is 0.480. The van der Waals surface area contributed by atoms with Crippen LogP contribution in [0.3, 0.4) is 0 Å². The van der Waals surface area contributed by atoms with Gasteiger partial charge in [-0.3, -0.25) is 4.79 Å². The van der Waals surface area contributed by atoms with E-state index in [1.165, 1.54) is 19.3 Å². The van der Waals surface area contributed by atoms with Crippen molar-refractivity contribution >= 4 is 13.5 Å². The summed E-state index contributed by atoms with van der Waals surface area (Å²) in [5.74, 6) is 0.603. The summed E-state index contributed by atoms with van der Waals surface area (Å²) < 4.78 is 26.2. The summed E-state index contributed by atoms with van der Waals surface area (Å²) in [5.41, 5.74) is 6.38. The minimum atomic E-state index is -3.75. The Hall–Kier alpha value is -2.30. The molecular formula is C25H33N2O4P. The van der Waals surface area contributed by atoms with Crippen molar-refractivity contribution in [2.75, 3.05) is 6.54 Å². The predicted molar refractivity (Wildman–Crippen MR) is 126 cm³/mol. The Bertz CT molecular complexity index is 873. The lowest BCUT2D eigenvalue weighted by atomic mass is 9.85. The van der Waals surface area contributed by atoms with Crippen molar-refractivity contribution in [1.82, 2.24) is 4.90 Å². The lowest BCUT2D eigenvalue weighted by Crippen LogP contribution is -2.47. The molecule has 1 saturated carbocycles. The van der Waals surface area contributed by atoms with Gasteiger partial charge in [-0.15, -0.1) is 0 Å². The molecule has 1 amide bonds. The predicted octanol–water partition coefficient (Wildman–Crippen LogP) is 5.58. The summed E-state index contributed by atoms with van der Waals surface area (Å²) in [7, 11) is -3.75. The smallest absolute Gasteiger partial charge is 0.415 e. The Morgan fingerprint density at radius 1 is 0.906 bits per heavy atom. The first-order valence-corrected chi connectivity index (χ1v) is 13.3. The highest BCUT2D eigenvalue weighted by Gasteiger charge is 2.48. The van der Waals surface area contributed by atoms with Crippen LogP contribution in [-0.2, 0) is 9.36 Å². The van der Waals surface area contributed by atoms with E-state index < -0.39 is 19.4 Å². The maximum Gasteiger partial charge on any atom is 0.453 e. The summed E-state index contributed by atoms with van der Waals surface area (Å²) in [4.78, 5) is 15.0. The van der Waals surface area contributed by atoms with Crippen molar-refractivity contribution in [3.8, 4) is 11.5 Å². The highest BCUT2D eigenvalue weighted by atomic mass is 31.2. The van der Waals surface area contributed by atoms with E-state index >= 15 is 0 Å². The van der Waals surface area contributed by atoms with Crippen LogP contribution in [-0.4, -0.2) is 29.2 Å². The number of hydrogen-bond acceptors (Lipinski definition) is 5. The summed E-state index contributed by atoms with van der Waals surface area (Å²) in [6, 6.07) is 17.4. The zero-order valence-electron chi connectivity index (χ0n) is 18.5. The molecule has 0 spiro atoms. The third kappa shape index (κ3) is 5.54. The Labute approximate surface area is 190 Å². The Kier molecular flexibility index (Phi) is 7.54. The van der Waals surface area contributed by atoms with Gasteiger partial charge in [-0.1, -0.05) is 68.5 Å². The first-order valence-electron chi connectivity index (χ1n) is 11.7. The van der Waals surface area contributed by atoms with Gasteiger partial charge in [-0.05, 0) is 49.4 Å². The second kappa shape index (κ2) is 10.5. The monoisotopic (exact) mass is 456 g/mol. The maximum atomic E-state index is 14.2. The van der Waals surface area contributed by atoms with Gasteiger partial charge >= 0.3 is 7.60 Å². The molecule has 32 heavy (non-hydrogen) atoms. The zero-order chi connectivity index (χ0) is 22.4. The molecule has 2 aromatic carbocycles. The molecule has 0 radical (unpaired) electrons. The van der Waals surface area contributed by atoms with E-state index in [-0.39, 0.29) is 5.91 Å². The molecule has 1 heterocycles. The Balaban J connectivity index is 1.54. The molecule has 2 aromatic rings. The molecule has 2 atom stereocenters. The van der Waals surface area contributed by atoms with Crippen molar-refractivity contribution in [1.29, 1.82) is 0 Å². The van der Waals surface area contributed by atoms with E-state index in [9.17, 15) is 9.36 Å². The van der Waals surface area contributed by atoms with Gasteiger partial charge < -0.3 is 19.7 Å². The number of likely N-dealkylation sites (tertiary alicyclic amines) is 1. The van der Waals surface area contributed by atoms with E-state index in [2.05, 4.69) is 0 Å². The fourth-order valence-corrected chi connectivity index (χ4v) is 7.01. The van der Waals surface area contributed by atoms with Crippen LogP contribution < -0.4 is 14.8 Å². The number of rotatable bonds is 8. The van der Waals surface area contributed by atoms with E-state index in [4.69, 9.17) is 14.8 Å². The first-order chi connectivity index (χ1) is 15.5. The number of para-hydroxylation sites is 2. The second-order valence-electron chi connectivity index (χ2n) is 8.85. The van der Waals surface area contributed by atoms with E-state index in [1.807, 2.05) is 36.4 Å². The minimum Gasteiger partial charge on any atom is -0.415 e. The van der Waals surface area contributed by atoms with Crippen molar-refractivity contribution in [3.63, 3.8) is 0 Å². The van der Waals surface area contributed by atoms with E-state index in [0.717, 1.165) is 19.3 Å². The molecule has 6 nitrogen and oxygen atoms in total.